The monoisotopic (exact) mass is 173 g/mol. The van der Waals surface area contributed by atoms with Crippen molar-refractivity contribution in [2.45, 2.75) is 31.8 Å². The number of aliphatic hydroxyl groups excluding tert-OH is 1. The zero-order chi connectivity index (χ0) is 8.65. The summed E-state index contributed by atoms with van der Waals surface area (Å²) in [5, 5.41) is 11.7. The molecule has 1 aliphatic heterocycles. The van der Waals surface area contributed by atoms with Crippen LogP contribution in [0, 0.1) is 0 Å². The van der Waals surface area contributed by atoms with E-state index >= 15 is 0 Å². The number of ether oxygens (including phenoxy) is 1. The summed E-state index contributed by atoms with van der Waals surface area (Å²) in [7, 11) is 0. The van der Waals surface area contributed by atoms with E-state index in [0.717, 1.165) is 39.0 Å². The molecule has 1 saturated heterocycles. The average Bonchev–Trinajstić information content (AvgIpc) is 2.00. The van der Waals surface area contributed by atoms with Gasteiger partial charge in [0.05, 0.1) is 6.10 Å². The van der Waals surface area contributed by atoms with Gasteiger partial charge in [-0.25, -0.2) is 0 Å². The first-order valence-electron chi connectivity index (χ1n) is 4.86. The quantitative estimate of drug-likeness (QED) is 0.552. The third-order valence-corrected chi connectivity index (χ3v) is 2.15. The Morgan fingerprint density at radius 1 is 1.17 bits per heavy atom. The SMILES string of the molecule is OCCCCCCOC1CNC1. The van der Waals surface area contributed by atoms with Crippen LogP contribution in [0.15, 0.2) is 0 Å². The molecule has 0 atom stereocenters. The van der Waals surface area contributed by atoms with Crippen LogP contribution < -0.4 is 5.32 Å². The van der Waals surface area contributed by atoms with E-state index in [1.165, 1.54) is 6.42 Å². The highest BCUT2D eigenvalue weighted by Gasteiger charge is 2.15. The molecular formula is C9H19NO2. The van der Waals surface area contributed by atoms with E-state index in [2.05, 4.69) is 5.32 Å². The van der Waals surface area contributed by atoms with E-state index in [1.54, 1.807) is 0 Å². The van der Waals surface area contributed by atoms with E-state index in [9.17, 15) is 0 Å². The maximum absolute atomic E-state index is 8.52. The van der Waals surface area contributed by atoms with E-state index in [1.807, 2.05) is 0 Å². The van der Waals surface area contributed by atoms with Gasteiger partial charge in [0.2, 0.25) is 0 Å². The van der Waals surface area contributed by atoms with Crippen LogP contribution in [0.5, 0.6) is 0 Å². The molecule has 12 heavy (non-hydrogen) atoms. The zero-order valence-electron chi connectivity index (χ0n) is 7.59. The standard InChI is InChI=1S/C9H19NO2/c11-5-3-1-2-4-6-12-9-7-10-8-9/h9-11H,1-8H2. The Labute approximate surface area is 74.1 Å². The summed E-state index contributed by atoms with van der Waals surface area (Å²) in [5.41, 5.74) is 0. The summed E-state index contributed by atoms with van der Waals surface area (Å²) in [5.74, 6) is 0. The van der Waals surface area contributed by atoms with E-state index in [0.29, 0.717) is 12.7 Å². The highest BCUT2D eigenvalue weighted by molar-refractivity contribution is 4.74. The molecule has 0 saturated carbocycles. The first-order chi connectivity index (χ1) is 5.93. The largest absolute Gasteiger partial charge is 0.396 e. The highest BCUT2D eigenvalue weighted by Crippen LogP contribution is 2.03. The topological polar surface area (TPSA) is 41.5 Å². The summed E-state index contributed by atoms with van der Waals surface area (Å²) < 4.78 is 5.53. The van der Waals surface area contributed by atoms with E-state index in [4.69, 9.17) is 9.84 Å². The second kappa shape index (κ2) is 6.40. The molecule has 0 unspecified atom stereocenters. The van der Waals surface area contributed by atoms with E-state index < -0.39 is 0 Å². The Morgan fingerprint density at radius 3 is 2.50 bits per heavy atom. The van der Waals surface area contributed by atoms with Gasteiger partial charge in [0.1, 0.15) is 0 Å². The van der Waals surface area contributed by atoms with Crippen LogP contribution in [0.2, 0.25) is 0 Å². The number of rotatable bonds is 7. The molecule has 1 fully saturated rings. The Kier molecular flexibility index (Phi) is 5.32. The van der Waals surface area contributed by atoms with Crippen LogP contribution in [-0.2, 0) is 4.74 Å². The summed E-state index contributed by atoms with van der Waals surface area (Å²) in [6.45, 7) is 3.26. The van der Waals surface area contributed by atoms with Crippen molar-refractivity contribution in [3.8, 4) is 0 Å². The molecule has 1 rings (SSSR count). The fourth-order valence-corrected chi connectivity index (χ4v) is 1.20. The van der Waals surface area contributed by atoms with Gasteiger partial charge in [-0.3, -0.25) is 0 Å². The van der Waals surface area contributed by atoms with Crippen molar-refractivity contribution in [2.24, 2.45) is 0 Å². The van der Waals surface area contributed by atoms with Crippen molar-refractivity contribution >= 4 is 0 Å². The number of aliphatic hydroxyl groups is 1. The maximum Gasteiger partial charge on any atom is 0.0823 e. The molecule has 0 bridgehead atoms. The number of unbranched alkanes of at least 4 members (excludes halogenated alkanes) is 3. The number of hydrogen-bond acceptors (Lipinski definition) is 3. The van der Waals surface area contributed by atoms with Gasteiger partial charge >= 0.3 is 0 Å². The molecule has 0 aromatic heterocycles. The zero-order valence-corrected chi connectivity index (χ0v) is 7.59. The maximum atomic E-state index is 8.52. The van der Waals surface area contributed by atoms with Crippen molar-refractivity contribution in [3.05, 3.63) is 0 Å². The van der Waals surface area contributed by atoms with Gasteiger partial charge in [-0.05, 0) is 12.8 Å². The third kappa shape index (κ3) is 4.04. The molecule has 0 aliphatic carbocycles. The van der Waals surface area contributed by atoms with E-state index in [-0.39, 0.29) is 0 Å². The van der Waals surface area contributed by atoms with Gasteiger partial charge in [-0.2, -0.15) is 0 Å². The number of nitrogens with one attached hydrogen (secondary N) is 1. The first kappa shape index (κ1) is 9.96. The smallest absolute Gasteiger partial charge is 0.0823 e. The molecule has 3 heteroatoms. The minimum atomic E-state index is 0.327. The molecule has 3 nitrogen and oxygen atoms in total. The second-order valence-corrected chi connectivity index (χ2v) is 3.29. The lowest BCUT2D eigenvalue weighted by molar-refractivity contribution is 0.0168. The van der Waals surface area contributed by atoms with Crippen molar-refractivity contribution in [1.82, 2.24) is 5.32 Å². The Balaban J connectivity index is 1.70. The third-order valence-electron chi connectivity index (χ3n) is 2.15. The minimum absolute atomic E-state index is 0.327. The average molecular weight is 173 g/mol. The van der Waals surface area contributed by atoms with Gasteiger partial charge in [0, 0.05) is 26.3 Å². The summed E-state index contributed by atoms with van der Waals surface area (Å²) in [6, 6.07) is 0. The lowest BCUT2D eigenvalue weighted by atomic mass is 10.2. The molecule has 0 radical (unpaired) electrons. The normalized spacial score (nSPS) is 17.8. The number of hydrogen-bond donors (Lipinski definition) is 2. The van der Waals surface area contributed by atoms with Crippen molar-refractivity contribution < 1.29 is 9.84 Å². The van der Waals surface area contributed by atoms with Crippen molar-refractivity contribution in [1.29, 1.82) is 0 Å². The molecule has 72 valence electrons. The minimum Gasteiger partial charge on any atom is -0.396 e. The van der Waals surface area contributed by atoms with Crippen LogP contribution in [-0.4, -0.2) is 37.5 Å². The Hall–Kier alpha value is -0.120. The molecule has 0 aromatic rings. The van der Waals surface area contributed by atoms with Crippen LogP contribution in [0.1, 0.15) is 25.7 Å². The molecule has 0 spiro atoms. The lowest BCUT2D eigenvalue weighted by Crippen LogP contribution is -2.48. The molecule has 1 aliphatic rings. The molecule has 0 aromatic carbocycles. The molecular weight excluding hydrogens is 154 g/mol. The fourth-order valence-electron chi connectivity index (χ4n) is 1.20. The van der Waals surface area contributed by atoms with Gasteiger partial charge in [0.15, 0.2) is 0 Å². The Morgan fingerprint density at radius 2 is 1.92 bits per heavy atom. The lowest BCUT2D eigenvalue weighted by Gasteiger charge is -2.27. The van der Waals surface area contributed by atoms with Crippen molar-refractivity contribution in [3.63, 3.8) is 0 Å². The van der Waals surface area contributed by atoms with Gasteiger partial charge in [0.25, 0.3) is 0 Å². The van der Waals surface area contributed by atoms with Crippen LogP contribution >= 0.6 is 0 Å². The van der Waals surface area contributed by atoms with Crippen molar-refractivity contribution in [2.75, 3.05) is 26.3 Å². The molecule has 0 amide bonds. The summed E-state index contributed by atoms with van der Waals surface area (Å²) in [4.78, 5) is 0. The van der Waals surface area contributed by atoms with Gasteiger partial charge in [-0.1, -0.05) is 12.8 Å². The Bertz CT molecular complexity index is 105. The van der Waals surface area contributed by atoms with Gasteiger partial charge < -0.3 is 15.2 Å². The summed E-state index contributed by atoms with van der Waals surface area (Å²) >= 11 is 0. The molecule has 1 heterocycles. The summed E-state index contributed by atoms with van der Waals surface area (Å²) in [6.07, 6.45) is 4.85. The first-order valence-corrected chi connectivity index (χ1v) is 4.86. The van der Waals surface area contributed by atoms with Gasteiger partial charge in [-0.15, -0.1) is 0 Å². The second-order valence-electron chi connectivity index (χ2n) is 3.29. The predicted octanol–water partition coefficient (Wildman–Crippen LogP) is 0.527. The van der Waals surface area contributed by atoms with Crippen LogP contribution in [0.4, 0.5) is 0 Å². The van der Waals surface area contributed by atoms with Crippen LogP contribution in [0.25, 0.3) is 0 Å². The predicted molar refractivity (Wildman–Crippen MR) is 48.2 cm³/mol. The fraction of sp³-hybridized carbons (Fsp3) is 1.00. The van der Waals surface area contributed by atoms with Crippen LogP contribution in [0.3, 0.4) is 0 Å². The molecule has 2 N–H and O–H groups in total. The highest BCUT2D eigenvalue weighted by atomic mass is 16.5.